The summed E-state index contributed by atoms with van der Waals surface area (Å²) in [5.41, 5.74) is 8.46. The molecule has 1 aromatic heterocycles. The molecule has 0 fully saturated rings. The molecule has 0 saturated carbocycles. The van der Waals surface area contributed by atoms with Gasteiger partial charge in [-0.25, -0.2) is 0 Å². The van der Waals surface area contributed by atoms with Crippen LogP contribution in [-0.4, -0.2) is 17.3 Å². The summed E-state index contributed by atoms with van der Waals surface area (Å²) in [6.45, 7) is 4.30. The van der Waals surface area contributed by atoms with Gasteiger partial charge in [-0.1, -0.05) is 19.9 Å². The topological polar surface area (TPSA) is 61.0 Å². The van der Waals surface area contributed by atoms with Crippen LogP contribution < -0.4 is 10.5 Å². The average Bonchev–Trinajstić information content (AvgIpc) is 2.39. The Morgan fingerprint density at radius 2 is 1.89 bits per heavy atom. The van der Waals surface area contributed by atoms with Gasteiger partial charge in [0.1, 0.15) is 11.6 Å². The van der Waals surface area contributed by atoms with Crippen molar-refractivity contribution in [3.63, 3.8) is 0 Å². The molecular formula is C14H17N3O. The van der Waals surface area contributed by atoms with E-state index >= 15 is 0 Å². The first-order valence-electron chi connectivity index (χ1n) is 5.89. The van der Waals surface area contributed by atoms with Gasteiger partial charge in [0, 0.05) is 5.56 Å². The number of nitrogen functional groups attached to an aromatic ring is 1. The first kappa shape index (κ1) is 12.4. The Bertz CT molecular complexity index is 535. The monoisotopic (exact) mass is 243 g/mol. The maximum absolute atomic E-state index is 5.53. The van der Waals surface area contributed by atoms with Crippen molar-refractivity contribution in [2.24, 2.45) is 0 Å². The van der Waals surface area contributed by atoms with Crippen LogP contribution in [0.5, 0.6) is 5.75 Å². The number of ether oxygens (including phenoxy) is 1. The van der Waals surface area contributed by atoms with Gasteiger partial charge in [0.2, 0.25) is 0 Å². The highest BCUT2D eigenvalue weighted by Gasteiger charge is 2.10. The molecule has 1 heterocycles. The summed E-state index contributed by atoms with van der Waals surface area (Å²) in [5.74, 6) is 1.68. The molecule has 18 heavy (non-hydrogen) atoms. The Labute approximate surface area is 107 Å². The summed E-state index contributed by atoms with van der Waals surface area (Å²) in [6, 6.07) is 9.71. The molecule has 0 radical (unpaired) electrons. The van der Waals surface area contributed by atoms with Crippen molar-refractivity contribution in [1.29, 1.82) is 0 Å². The fourth-order valence-corrected chi connectivity index (χ4v) is 1.76. The van der Waals surface area contributed by atoms with Crippen LogP contribution in [0.15, 0.2) is 30.3 Å². The quantitative estimate of drug-likeness (QED) is 0.900. The normalized spacial score (nSPS) is 10.7. The second-order valence-electron chi connectivity index (χ2n) is 4.46. The van der Waals surface area contributed by atoms with Crippen molar-refractivity contribution in [3.8, 4) is 17.0 Å². The smallest absolute Gasteiger partial charge is 0.146 e. The Morgan fingerprint density at radius 3 is 2.44 bits per heavy atom. The maximum atomic E-state index is 5.53. The molecule has 4 nitrogen and oxygen atoms in total. The van der Waals surface area contributed by atoms with Crippen molar-refractivity contribution >= 4 is 5.82 Å². The fraction of sp³-hybridized carbons (Fsp3) is 0.286. The summed E-state index contributed by atoms with van der Waals surface area (Å²) in [5, 5.41) is 7.94. The Balaban J connectivity index is 2.47. The molecule has 0 unspecified atom stereocenters. The predicted molar refractivity (Wildman–Crippen MR) is 72.5 cm³/mol. The standard InChI is InChI=1S/C14H17N3O/c1-9(2)10-4-5-11(13(8-10)18-3)12-6-7-14(15)17-16-12/h4-9H,1-3H3,(H2,15,17). The van der Waals surface area contributed by atoms with Gasteiger partial charge in [0.25, 0.3) is 0 Å². The zero-order chi connectivity index (χ0) is 13.1. The van der Waals surface area contributed by atoms with Gasteiger partial charge in [-0.2, -0.15) is 0 Å². The third-order valence-corrected chi connectivity index (χ3v) is 2.85. The van der Waals surface area contributed by atoms with Crippen LogP contribution in [0, 0.1) is 0 Å². The van der Waals surface area contributed by atoms with Crippen molar-refractivity contribution in [2.75, 3.05) is 12.8 Å². The molecule has 4 heteroatoms. The minimum absolute atomic E-state index is 0.413. The molecule has 0 aliphatic heterocycles. The van der Waals surface area contributed by atoms with E-state index in [9.17, 15) is 0 Å². The number of benzene rings is 1. The van der Waals surface area contributed by atoms with Crippen LogP contribution in [0.2, 0.25) is 0 Å². The van der Waals surface area contributed by atoms with E-state index in [-0.39, 0.29) is 0 Å². The Kier molecular flexibility index (Phi) is 3.46. The van der Waals surface area contributed by atoms with E-state index < -0.39 is 0 Å². The van der Waals surface area contributed by atoms with Gasteiger partial charge >= 0.3 is 0 Å². The highest BCUT2D eigenvalue weighted by atomic mass is 16.5. The third kappa shape index (κ3) is 2.42. The highest BCUT2D eigenvalue weighted by Crippen LogP contribution is 2.31. The number of aromatic nitrogens is 2. The van der Waals surface area contributed by atoms with Crippen LogP contribution in [0.1, 0.15) is 25.3 Å². The van der Waals surface area contributed by atoms with E-state index in [1.54, 1.807) is 13.2 Å². The number of nitrogens with zero attached hydrogens (tertiary/aromatic N) is 2. The van der Waals surface area contributed by atoms with Crippen LogP contribution in [0.3, 0.4) is 0 Å². The molecule has 2 N–H and O–H groups in total. The first-order chi connectivity index (χ1) is 8.61. The maximum Gasteiger partial charge on any atom is 0.146 e. The van der Waals surface area contributed by atoms with E-state index in [1.165, 1.54) is 5.56 Å². The molecule has 0 amide bonds. The van der Waals surface area contributed by atoms with E-state index in [0.717, 1.165) is 17.0 Å². The number of anilines is 1. The average molecular weight is 243 g/mol. The molecule has 0 aliphatic carbocycles. The second kappa shape index (κ2) is 5.04. The van der Waals surface area contributed by atoms with E-state index in [1.807, 2.05) is 18.2 Å². The molecule has 0 aliphatic rings. The van der Waals surface area contributed by atoms with Crippen molar-refractivity contribution in [3.05, 3.63) is 35.9 Å². The number of nitrogens with two attached hydrogens (primary N) is 1. The Morgan fingerprint density at radius 1 is 1.11 bits per heavy atom. The van der Waals surface area contributed by atoms with E-state index in [4.69, 9.17) is 10.5 Å². The summed E-state index contributed by atoms with van der Waals surface area (Å²) in [4.78, 5) is 0. The molecular weight excluding hydrogens is 226 g/mol. The number of methoxy groups -OCH3 is 1. The minimum atomic E-state index is 0.413. The summed E-state index contributed by atoms with van der Waals surface area (Å²) in [6.07, 6.45) is 0. The third-order valence-electron chi connectivity index (χ3n) is 2.85. The SMILES string of the molecule is COc1cc(C(C)C)ccc1-c1ccc(N)nn1. The largest absolute Gasteiger partial charge is 0.496 e. The van der Waals surface area contributed by atoms with Crippen molar-refractivity contribution in [1.82, 2.24) is 10.2 Å². The lowest BCUT2D eigenvalue weighted by Crippen LogP contribution is -1.97. The fourth-order valence-electron chi connectivity index (χ4n) is 1.76. The summed E-state index contributed by atoms with van der Waals surface area (Å²) >= 11 is 0. The molecule has 0 saturated heterocycles. The zero-order valence-corrected chi connectivity index (χ0v) is 10.8. The van der Waals surface area contributed by atoms with Gasteiger partial charge in [-0.05, 0) is 35.7 Å². The second-order valence-corrected chi connectivity index (χ2v) is 4.46. The van der Waals surface area contributed by atoms with Crippen LogP contribution in [0.4, 0.5) is 5.82 Å². The van der Waals surface area contributed by atoms with Crippen LogP contribution in [0.25, 0.3) is 11.3 Å². The highest BCUT2D eigenvalue weighted by molar-refractivity contribution is 5.68. The van der Waals surface area contributed by atoms with E-state index in [2.05, 4.69) is 30.1 Å². The van der Waals surface area contributed by atoms with Crippen LogP contribution in [-0.2, 0) is 0 Å². The van der Waals surface area contributed by atoms with Gasteiger partial charge in [0.15, 0.2) is 0 Å². The van der Waals surface area contributed by atoms with Gasteiger partial charge in [-0.3, -0.25) is 0 Å². The molecule has 0 spiro atoms. The summed E-state index contributed by atoms with van der Waals surface area (Å²) < 4.78 is 5.42. The number of hydrogen-bond donors (Lipinski definition) is 1. The van der Waals surface area contributed by atoms with Gasteiger partial charge in [-0.15, -0.1) is 10.2 Å². The molecule has 1 aromatic carbocycles. The van der Waals surface area contributed by atoms with Crippen molar-refractivity contribution < 1.29 is 4.74 Å². The zero-order valence-electron chi connectivity index (χ0n) is 10.8. The number of hydrogen-bond acceptors (Lipinski definition) is 4. The lowest BCUT2D eigenvalue weighted by molar-refractivity contribution is 0.415. The van der Waals surface area contributed by atoms with Crippen molar-refractivity contribution in [2.45, 2.75) is 19.8 Å². The van der Waals surface area contributed by atoms with Gasteiger partial charge < -0.3 is 10.5 Å². The van der Waals surface area contributed by atoms with Gasteiger partial charge in [0.05, 0.1) is 12.8 Å². The molecule has 0 bridgehead atoms. The van der Waals surface area contributed by atoms with E-state index in [0.29, 0.717) is 11.7 Å². The van der Waals surface area contributed by atoms with Crippen LogP contribution >= 0.6 is 0 Å². The molecule has 94 valence electrons. The first-order valence-corrected chi connectivity index (χ1v) is 5.89. The molecule has 0 atom stereocenters. The Hall–Kier alpha value is -2.10. The summed E-state index contributed by atoms with van der Waals surface area (Å²) in [7, 11) is 1.66. The number of rotatable bonds is 3. The minimum Gasteiger partial charge on any atom is -0.496 e. The predicted octanol–water partition coefficient (Wildman–Crippen LogP) is 2.86. The lowest BCUT2D eigenvalue weighted by Gasteiger charge is -2.12. The lowest BCUT2D eigenvalue weighted by atomic mass is 10.00. The molecule has 2 aromatic rings. The molecule has 2 rings (SSSR count).